The molecule has 0 spiro atoms. The largest absolute Gasteiger partial charge is 0.357 e. The highest BCUT2D eigenvalue weighted by atomic mass is 127. The van der Waals surface area contributed by atoms with Crippen molar-refractivity contribution in [2.45, 2.75) is 26.0 Å². The molecule has 1 aliphatic rings. The number of halogens is 1. The minimum absolute atomic E-state index is 0. The Kier molecular flexibility index (Phi) is 8.63. The highest BCUT2D eigenvalue weighted by Crippen LogP contribution is 2.24. The first-order valence-corrected chi connectivity index (χ1v) is 6.81. The van der Waals surface area contributed by atoms with Gasteiger partial charge in [0.1, 0.15) is 0 Å². The topological polar surface area (TPSA) is 27.6 Å². The summed E-state index contributed by atoms with van der Waals surface area (Å²) in [5, 5.41) is 4.07. The Morgan fingerprint density at radius 2 is 2.25 bits per heavy atom. The van der Waals surface area contributed by atoms with Crippen molar-refractivity contribution < 1.29 is 0 Å². The van der Waals surface area contributed by atoms with Crippen molar-refractivity contribution in [1.82, 2.24) is 10.2 Å². The highest BCUT2D eigenvalue weighted by Gasteiger charge is 2.24. The highest BCUT2D eigenvalue weighted by molar-refractivity contribution is 14.0. The third-order valence-electron chi connectivity index (χ3n) is 2.68. The predicted octanol–water partition coefficient (Wildman–Crippen LogP) is 2.27. The second-order valence-corrected chi connectivity index (χ2v) is 5.52. The van der Waals surface area contributed by atoms with Crippen LogP contribution < -0.4 is 5.32 Å². The Morgan fingerprint density at radius 3 is 2.75 bits per heavy atom. The molecule has 0 bridgehead atoms. The summed E-state index contributed by atoms with van der Waals surface area (Å²) in [6, 6.07) is 0. The predicted molar refractivity (Wildman–Crippen MR) is 85.1 cm³/mol. The zero-order valence-corrected chi connectivity index (χ0v) is 13.8. The van der Waals surface area contributed by atoms with E-state index in [9.17, 15) is 0 Å². The molecule has 0 aliphatic carbocycles. The molecular weight excluding hydrogens is 333 g/mol. The molecule has 0 aromatic rings. The SMILES string of the molecule is CCNC(=NC)N1CCSC(C(C)C)C1.I. The van der Waals surface area contributed by atoms with Gasteiger partial charge < -0.3 is 10.2 Å². The van der Waals surface area contributed by atoms with Crippen LogP contribution in [0, 0.1) is 5.92 Å². The van der Waals surface area contributed by atoms with Crippen molar-refractivity contribution in [3.63, 3.8) is 0 Å². The van der Waals surface area contributed by atoms with E-state index in [-0.39, 0.29) is 24.0 Å². The Bertz CT molecular complexity index is 221. The molecule has 96 valence electrons. The van der Waals surface area contributed by atoms with Crippen LogP contribution in [0.15, 0.2) is 4.99 Å². The average Bonchev–Trinajstić information content (AvgIpc) is 2.26. The van der Waals surface area contributed by atoms with E-state index in [1.54, 1.807) is 0 Å². The molecule has 16 heavy (non-hydrogen) atoms. The smallest absolute Gasteiger partial charge is 0.193 e. The Balaban J connectivity index is 0.00000225. The van der Waals surface area contributed by atoms with Crippen LogP contribution in [-0.2, 0) is 0 Å². The Hall–Kier alpha value is 0.350. The number of hydrogen-bond acceptors (Lipinski definition) is 2. The molecule has 1 unspecified atom stereocenters. The standard InChI is InChI=1S/C11H23N3S.HI/c1-5-13-11(12-4)14-6-7-15-10(8-14)9(2)3;/h9-10H,5-8H2,1-4H3,(H,12,13);1H. The first kappa shape index (κ1) is 16.4. The second kappa shape index (κ2) is 8.44. The molecule has 1 saturated heterocycles. The van der Waals surface area contributed by atoms with E-state index in [4.69, 9.17) is 0 Å². The molecule has 1 fully saturated rings. The van der Waals surface area contributed by atoms with Crippen LogP contribution in [0.25, 0.3) is 0 Å². The van der Waals surface area contributed by atoms with Crippen LogP contribution >= 0.6 is 35.7 Å². The van der Waals surface area contributed by atoms with Gasteiger partial charge in [0.2, 0.25) is 0 Å². The molecule has 3 nitrogen and oxygen atoms in total. The first-order valence-electron chi connectivity index (χ1n) is 5.76. The average molecular weight is 357 g/mol. The van der Waals surface area contributed by atoms with Gasteiger partial charge in [0, 0.05) is 37.7 Å². The summed E-state index contributed by atoms with van der Waals surface area (Å²) in [4.78, 5) is 6.70. The van der Waals surface area contributed by atoms with Crippen LogP contribution in [0.4, 0.5) is 0 Å². The van der Waals surface area contributed by atoms with Gasteiger partial charge in [0.25, 0.3) is 0 Å². The number of thioether (sulfide) groups is 1. The fraction of sp³-hybridized carbons (Fsp3) is 0.909. The maximum absolute atomic E-state index is 4.32. The number of rotatable bonds is 2. The number of aliphatic imine (C=N–C) groups is 1. The van der Waals surface area contributed by atoms with Crippen LogP contribution in [0.5, 0.6) is 0 Å². The van der Waals surface area contributed by atoms with Crippen molar-refractivity contribution >= 4 is 41.7 Å². The van der Waals surface area contributed by atoms with Crippen molar-refractivity contribution in [3.05, 3.63) is 0 Å². The zero-order valence-electron chi connectivity index (χ0n) is 10.7. The molecule has 0 amide bonds. The maximum atomic E-state index is 4.32. The summed E-state index contributed by atoms with van der Waals surface area (Å²) in [6.07, 6.45) is 0. The summed E-state index contributed by atoms with van der Waals surface area (Å²) in [6.45, 7) is 9.91. The summed E-state index contributed by atoms with van der Waals surface area (Å²) in [7, 11) is 1.87. The summed E-state index contributed by atoms with van der Waals surface area (Å²) in [5.74, 6) is 3.02. The maximum Gasteiger partial charge on any atom is 0.193 e. The molecule has 1 heterocycles. The summed E-state index contributed by atoms with van der Waals surface area (Å²) in [5.41, 5.74) is 0. The van der Waals surface area contributed by atoms with Gasteiger partial charge >= 0.3 is 0 Å². The Labute approximate surface area is 121 Å². The van der Waals surface area contributed by atoms with Crippen LogP contribution in [0.2, 0.25) is 0 Å². The number of nitrogens with zero attached hydrogens (tertiary/aromatic N) is 2. The third kappa shape index (κ3) is 4.69. The van der Waals surface area contributed by atoms with Gasteiger partial charge in [-0.15, -0.1) is 24.0 Å². The van der Waals surface area contributed by atoms with Crippen molar-refractivity contribution in [1.29, 1.82) is 0 Å². The minimum Gasteiger partial charge on any atom is -0.357 e. The first-order chi connectivity index (χ1) is 7.19. The fourth-order valence-electron chi connectivity index (χ4n) is 1.76. The molecule has 0 saturated carbocycles. The van der Waals surface area contributed by atoms with Crippen molar-refractivity contribution in [3.8, 4) is 0 Å². The molecule has 0 aromatic carbocycles. The third-order valence-corrected chi connectivity index (χ3v) is 4.22. The quantitative estimate of drug-likeness (QED) is 0.467. The lowest BCUT2D eigenvalue weighted by Crippen LogP contribution is -2.48. The van der Waals surface area contributed by atoms with Gasteiger partial charge in [-0.3, -0.25) is 4.99 Å². The van der Waals surface area contributed by atoms with Crippen molar-refractivity contribution in [2.24, 2.45) is 10.9 Å². The van der Waals surface area contributed by atoms with E-state index in [0.717, 1.165) is 36.8 Å². The molecule has 0 aromatic heterocycles. The summed E-state index contributed by atoms with van der Waals surface area (Å²) >= 11 is 2.10. The molecule has 1 N–H and O–H groups in total. The van der Waals surface area contributed by atoms with E-state index < -0.39 is 0 Å². The van der Waals surface area contributed by atoms with Crippen LogP contribution in [-0.4, -0.2) is 48.5 Å². The summed E-state index contributed by atoms with van der Waals surface area (Å²) < 4.78 is 0. The van der Waals surface area contributed by atoms with Crippen LogP contribution in [0.1, 0.15) is 20.8 Å². The lowest BCUT2D eigenvalue weighted by atomic mass is 10.1. The van der Waals surface area contributed by atoms with E-state index >= 15 is 0 Å². The lowest BCUT2D eigenvalue weighted by molar-refractivity contribution is 0.382. The van der Waals surface area contributed by atoms with Crippen LogP contribution in [0.3, 0.4) is 0 Å². The molecule has 1 rings (SSSR count). The molecule has 1 atom stereocenters. The van der Waals surface area contributed by atoms with Gasteiger partial charge in [0.05, 0.1) is 0 Å². The second-order valence-electron chi connectivity index (χ2n) is 4.18. The molecular formula is C11H24IN3S. The van der Waals surface area contributed by atoms with Gasteiger partial charge in [-0.1, -0.05) is 13.8 Å². The number of nitrogens with one attached hydrogen (secondary N) is 1. The van der Waals surface area contributed by atoms with E-state index in [2.05, 4.69) is 47.7 Å². The Morgan fingerprint density at radius 1 is 1.56 bits per heavy atom. The fourth-order valence-corrected chi connectivity index (χ4v) is 3.06. The number of guanidine groups is 1. The van der Waals surface area contributed by atoms with Gasteiger partial charge in [-0.25, -0.2) is 0 Å². The minimum atomic E-state index is 0. The van der Waals surface area contributed by atoms with Gasteiger partial charge in [-0.05, 0) is 12.8 Å². The molecule has 0 radical (unpaired) electrons. The van der Waals surface area contributed by atoms with E-state index in [0.29, 0.717) is 0 Å². The van der Waals surface area contributed by atoms with Crippen molar-refractivity contribution in [2.75, 3.05) is 32.4 Å². The van der Waals surface area contributed by atoms with E-state index in [1.165, 1.54) is 5.75 Å². The molecule has 1 aliphatic heterocycles. The number of hydrogen-bond donors (Lipinski definition) is 1. The lowest BCUT2D eigenvalue weighted by Gasteiger charge is -2.36. The van der Waals surface area contributed by atoms with Gasteiger partial charge in [-0.2, -0.15) is 11.8 Å². The van der Waals surface area contributed by atoms with E-state index in [1.807, 2.05) is 7.05 Å². The molecule has 5 heteroatoms. The van der Waals surface area contributed by atoms with Gasteiger partial charge in [0.15, 0.2) is 5.96 Å². The zero-order chi connectivity index (χ0) is 11.3. The monoisotopic (exact) mass is 357 g/mol. The normalized spacial score (nSPS) is 21.9.